The molecule has 6 heteroatoms. The summed E-state index contributed by atoms with van der Waals surface area (Å²) in [6, 6.07) is 5.23. The molecular weight excluding hydrogens is 259 g/mol. The molecule has 0 saturated carbocycles. The molecular formula is C13H18F3NO2. The fourth-order valence-electron chi connectivity index (χ4n) is 1.49. The summed E-state index contributed by atoms with van der Waals surface area (Å²) in [6.45, 7) is 3.02. The molecule has 0 bridgehead atoms. The molecule has 3 nitrogen and oxygen atoms in total. The predicted octanol–water partition coefficient (Wildman–Crippen LogP) is 3.14. The van der Waals surface area contributed by atoms with Crippen molar-refractivity contribution in [2.45, 2.75) is 26.1 Å². The molecule has 108 valence electrons. The van der Waals surface area contributed by atoms with Gasteiger partial charge in [-0.1, -0.05) is 13.0 Å². The van der Waals surface area contributed by atoms with Gasteiger partial charge in [-0.3, -0.25) is 0 Å². The van der Waals surface area contributed by atoms with Gasteiger partial charge in [0.2, 0.25) is 0 Å². The average molecular weight is 277 g/mol. The Bertz CT molecular complexity index is 394. The van der Waals surface area contributed by atoms with Crippen LogP contribution < -0.4 is 14.8 Å². The SMILES string of the molecule is CCNCc1ccc(OC)c(OCCC(F)(F)F)c1. The molecule has 1 aromatic carbocycles. The van der Waals surface area contributed by atoms with Crippen LogP contribution in [0.25, 0.3) is 0 Å². The quantitative estimate of drug-likeness (QED) is 0.830. The van der Waals surface area contributed by atoms with Gasteiger partial charge in [0, 0.05) is 6.54 Å². The number of hydrogen-bond donors (Lipinski definition) is 1. The second-order valence-corrected chi connectivity index (χ2v) is 3.98. The average Bonchev–Trinajstić information content (AvgIpc) is 2.35. The molecule has 0 unspecified atom stereocenters. The van der Waals surface area contributed by atoms with E-state index >= 15 is 0 Å². The van der Waals surface area contributed by atoms with Crippen LogP contribution in [0.1, 0.15) is 18.9 Å². The normalized spacial score (nSPS) is 11.4. The van der Waals surface area contributed by atoms with Gasteiger partial charge in [0.05, 0.1) is 20.1 Å². The molecule has 0 atom stereocenters. The molecule has 0 saturated heterocycles. The Hall–Kier alpha value is -1.43. The Labute approximate surface area is 110 Å². The van der Waals surface area contributed by atoms with Crippen molar-refractivity contribution in [2.24, 2.45) is 0 Å². The first kappa shape index (κ1) is 15.6. The third-order valence-electron chi connectivity index (χ3n) is 2.45. The molecule has 1 N–H and O–H groups in total. The lowest BCUT2D eigenvalue weighted by molar-refractivity contribution is -0.139. The zero-order chi connectivity index (χ0) is 14.3. The van der Waals surface area contributed by atoms with E-state index in [4.69, 9.17) is 9.47 Å². The molecule has 19 heavy (non-hydrogen) atoms. The molecule has 0 fully saturated rings. The highest BCUT2D eigenvalue weighted by Crippen LogP contribution is 2.29. The van der Waals surface area contributed by atoms with Crippen molar-refractivity contribution in [3.8, 4) is 11.5 Å². The van der Waals surface area contributed by atoms with Crippen molar-refractivity contribution in [1.82, 2.24) is 5.32 Å². The first-order valence-electron chi connectivity index (χ1n) is 6.03. The third kappa shape index (κ3) is 5.83. The first-order valence-corrected chi connectivity index (χ1v) is 6.03. The molecule has 1 rings (SSSR count). The van der Waals surface area contributed by atoms with Crippen molar-refractivity contribution in [3.63, 3.8) is 0 Å². The van der Waals surface area contributed by atoms with Crippen LogP contribution in [0.2, 0.25) is 0 Å². The van der Waals surface area contributed by atoms with Crippen LogP contribution >= 0.6 is 0 Å². The van der Waals surface area contributed by atoms with Crippen LogP contribution in [-0.2, 0) is 6.54 Å². The minimum atomic E-state index is -4.21. The van der Waals surface area contributed by atoms with Crippen LogP contribution in [0, 0.1) is 0 Å². The predicted molar refractivity (Wildman–Crippen MR) is 66.5 cm³/mol. The molecule has 0 amide bonds. The van der Waals surface area contributed by atoms with Gasteiger partial charge in [0.15, 0.2) is 11.5 Å². The largest absolute Gasteiger partial charge is 0.493 e. The summed E-state index contributed by atoms with van der Waals surface area (Å²) in [5.74, 6) is 0.768. The Morgan fingerprint density at radius 2 is 1.95 bits per heavy atom. The topological polar surface area (TPSA) is 30.5 Å². The summed E-state index contributed by atoms with van der Waals surface area (Å²) >= 11 is 0. The van der Waals surface area contributed by atoms with Crippen LogP contribution in [-0.4, -0.2) is 26.4 Å². The van der Waals surface area contributed by atoms with Gasteiger partial charge >= 0.3 is 6.18 Å². The summed E-state index contributed by atoms with van der Waals surface area (Å²) in [6.07, 6.45) is -5.19. The van der Waals surface area contributed by atoms with Gasteiger partial charge in [0.1, 0.15) is 0 Å². The van der Waals surface area contributed by atoms with E-state index in [-0.39, 0.29) is 0 Å². The van der Waals surface area contributed by atoms with E-state index < -0.39 is 19.2 Å². The minimum absolute atomic E-state index is 0.335. The highest BCUT2D eigenvalue weighted by molar-refractivity contribution is 5.42. The van der Waals surface area contributed by atoms with Crippen LogP contribution in [0.3, 0.4) is 0 Å². The maximum absolute atomic E-state index is 12.1. The van der Waals surface area contributed by atoms with Gasteiger partial charge < -0.3 is 14.8 Å². The number of ether oxygens (including phenoxy) is 2. The highest BCUT2D eigenvalue weighted by Gasteiger charge is 2.27. The molecule has 0 radical (unpaired) electrons. The second-order valence-electron chi connectivity index (χ2n) is 3.98. The molecule has 0 aromatic heterocycles. The minimum Gasteiger partial charge on any atom is -0.493 e. The van der Waals surface area contributed by atoms with Crippen LogP contribution in [0.15, 0.2) is 18.2 Å². The van der Waals surface area contributed by atoms with Gasteiger partial charge in [-0.15, -0.1) is 0 Å². The number of hydrogen-bond acceptors (Lipinski definition) is 3. The first-order chi connectivity index (χ1) is 8.96. The summed E-state index contributed by atoms with van der Waals surface area (Å²) < 4.78 is 46.4. The number of alkyl halides is 3. The van der Waals surface area contributed by atoms with E-state index in [1.54, 1.807) is 12.1 Å². The monoisotopic (exact) mass is 277 g/mol. The fourth-order valence-corrected chi connectivity index (χ4v) is 1.49. The van der Waals surface area contributed by atoms with Gasteiger partial charge in [-0.25, -0.2) is 0 Å². The van der Waals surface area contributed by atoms with E-state index in [1.807, 2.05) is 13.0 Å². The molecule has 0 aliphatic heterocycles. The maximum Gasteiger partial charge on any atom is 0.392 e. The Kier molecular flexibility index (Phi) is 5.95. The lowest BCUT2D eigenvalue weighted by atomic mass is 10.2. The third-order valence-corrected chi connectivity index (χ3v) is 2.45. The lowest BCUT2D eigenvalue weighted by Crippen LogP contribution is -2.14. The van der Waals surface area contributed by atoms with Gasteiger partial charge in [-0.05, 0) is 24.2 Å². The summed E-state index contributed by atoms with van der Waals surface area (Å²) in [7, 11) is 1.45. The number of rotatable bonds is 7. The smallest absolute Gasteiger partial charge is 0.392 e. The fraction of sp³-hybridized carbons (Fsp3) is 0.538. The number of methoxy groups -OCH3 is 1. The molecule has 0 aliphatic carbocycles. The maximum atomic E-state index is 12.1. The number of nitrogens with one attached hydrogen (secondary N) is 1. The Morgan fingerprint density at radius 3 is 2.53 bits per heavy atom. The van der Waals surface area contributed by atoms with E-state index in [9.17, 15) is 13.2 Å². The Balaban J connectivity index is 2.67. The van der Waals surface area contributed by atoms with Gasteiger partial charge in [-0.2, -0.15) is 13.2 Å². The number of halogens is 3. The molecule has 0 heterocycles. The van der Waals surface area contributed by atoms with Crippen molar-refractivity contribution >= 4 is 0 Å². The van der Waals surface area contributed by atoms with E-state index in [1.165, 1.54) is 7.11 Å². The summed E-state index contributed by atoms with van der Waals surface area (Å²) in [5, 5.41) is 3.13. The van der Waals surface area contributed by atoms with Crippen molar-refractivity contribution < 1.29 is 22.6 Å². The second kappa shape index (κ2) is 7.23. The molecule has 1 aromatic rings. The summed E-state index contributed by atoms with van der Waals surface area (Å²) in [5.41, 5.74) is 0.935. The molecule has 0 aliphatic rings. The van der Waals surface area contributed by atoms with Gasteiger partial charge in [0.25, 0.3) is 0 Å². The van der Waals surface area contributed by atoms with E-state index in [0.717, 1.165) is 12.1 Å². The van der Waals surface area contributed by atoms with Crippen molar-refractivity contribution in [3.05, 3.63) is 23.8 Å². The highest BCUT2D eigenvalue weighted by atomic mass is 19.4. The summed E-state index contributed by atoms with van der Waals surface area (Å²) in [4.78, 5) is 0. The zero-order valence-corrected chi connectivity index (χ0v) is 11.0. The standard InChI is InChI=1S/C13H18F3NO2/c1-3-17-9-10-4-5-11(18-2)12(8-10)19-7-6-13(14,15)16/h4-5,8,17H,3,6-7,9H2,1-2H3. The van der Waals surface area contributed by atoms with E-state index in [2.05, 4.69) is 5.32 Å². The number of benzene rings is 1. The van der Waals surface area contributed by atoms with Crippen LogP contribution in [0.4, 0.5) is 13.2 Å². The van der Waals surface area contributed by atoms with Crippen molar-refractivity contribution in [2.75, 3.05) is 20.3 Å². The van der Waals surface area contributed by atoms with Crippen LogP contribution in [0.5, 0.6) is 11.5 Å². The lowest BCUT2D eigenvalue weighted by Gasteiger charge is -2.13. The Morgan fingerprint density at radius 1 is 1.21 bits per heavy atom. The van der Waals surface area contributed by atoms with Crippen molar-refractivity contribution in [1.29, 1.82) is 0 Å². The molecule has 0 spiro atoms. The van der Waals surface area contributed by atoms with E-state index in [0.29, 0.717) is 18.0 Å². The zero-order valence-electron chi connectivity index (χ0n) is 11.0.